The Morgan fingerprint density at radius 1 is 0.361 bits per heavy atom. The van der Waals surface area contributed by atoms with Crippen LogP contribution in [0.2, 0.25) is 0 Å². The quantitative estimate of drug-likeness (QED) is 0.0562. The van der Waals surface area contributed by atoms with E-state index in [-0.39, 0.29) is 0 Å². The van der Waals surface area contributed by atoms with Gasteiger partial charge in [0.25, 0.3) is 0 Å². The van der Waals surface area contributed by atoms with Crippen LogP contribution in [0.1, 0.15) is 135 Å². The van der Waals surface area contributed by atoms with Crippen molar-refractivity contribution in [2.24, 2.45) is 0 Å². The molecule has 7 aromatic carbocycles. The van der Waals surface area contributed by atoms with Gasteiger partial charge in [-0.05, 0) is 170 Å². The van der Waals surface area contributed by atoms with Crippen LogP contribution in [0.3, 0.4) is 0 Å². The highest BCUT2D eigenvalue weighted by Gasteiger charge is 2.18. The maximum atomic E-state index is 10.4. The zero-order valence-electron chi connectivity index (χ0n) is 43.3. The second-order valence-corrected chi connectivity index (χ2v) is 18.5. The number of anilines is 6. The van der Waals surface area contributed by atoms with Crippen molar-refractivity contribution in [2.45, 2.75) is 105 Å². The molecule has 72 heavy (non-hydrogen) atoms. The number of nitrogens with zero attached hydrogens (tertiary/aromatic N) is 4. The van der Waals surface area contributed by atoms with Gasteiger partial charge in [-0.1, -0.05) is 126 Å². The summed E-state index contributed by atoms with van der Waals surface area (Å²) in [5.41, 5.74) is 15.4. The smallest absolute Gasteiger partial charge is 0.128 e. The summed E-state index contributed by atoms with van der Waals surface area (Å²) in [5, 5.41) is 20.9. The predicted molar refractivity (Wildman–Crippen MR) is 304 cm³/mol. The van der Waals surface area contributed by atoms with Crippen molar-refractivity contribution in [3.63, 3.8) is 0 Å². The van der Waals surface area contributed by atoms with Crippen molar-refractivity contribution >= 4 is 58.4 Å². The van der Waals surface area contributed by atoms with E-state index in [9.17, 15) is 10.5 Å². The molecule has 0 atom stereocenters. The number of hydrogen-bond acceptors (Lipinski definition) is 6. The van der Waals surface area contributed by atoms with Gasteiger partial charge in [0.15, 0.2) is 0 Å². The topological polar surface area (TPSA) is 72.5 Å². The van der Waals surface area contributed by atoms with Gasteiger partial charge < -0.3 is 19.3 Å². The lowest BCUT2D eigenvalue weighted by Crippen LogP contribution is -2.10. The molecular weight excluding hydrogens is 881 g/mol. The minimum absolute atomic E-state index is 0.454. The van der Waals surface area contributed by atoms with Crippen molar-refractivity contribution in [3.05, 3.63) is 201 Å². The van der Waals surface area contributed by atoms with E-state index >= 15 is 0 Å². The molecule has 6 nitrogen and oxygen atoms in total. The molecule has 0 fully saturated rings. The largest absolute Gasteiger partial charge is 0.496 e. The number of aryl methyl sites for hydroxylation is 4. The summed E-state index contributed by atoms with van der Waals surface area (Å²) < 4.78 is 12.0. The van der Waals surface area contributed by atoms with Crippen molar-refractivity contribution in [3.8, 4) is 23.6 Å². The normalized spacial score (nSPS) is 11.2. The Labute approximate surface area is 430 Å². The summed E-state index contributed by atoms with van der Waals surface area (Å²) in [5.74, 6) is 1.38. The molecule has 366 valence electrons. The van der Waals surface area contributed by atoms with Crippen LogP contribution in [-0.2, 0) is 25.7 Å². The third-order valence-electron chi connectivity index (χ3n) is 13.4. The SMILES string of the molecule is CCCCc1ccc(N(c2ccc(CCCC)cc2)c2ccc(/C=C/c3cc(C#N)c(/C=C/c4ccc(N(c5ccc(CCCC)cc5)c5ccc(CCCC)cc5)cc4OC)cc3C#N)c(OC)c2)cc1. The molecule has 7 rings (SSSR count). The molecule has 0 N–H and O–H groups in total. The maximum absolute atomic E-state index is 10.4. The van der Waals surface area contributed by atoms with Crippen molar-refractivity contribution < 1.29 is 9.47 Å². The summed E-state index contributed by atoms with van der Waals surface area (Å²) in [6, 6.07) is 56.2. The third-order valence-corrected chi connectivity index (χ3v) is 13.4. The van der Waals surface area contributed by atoms with Gasteiger partial charge >= 0.3 is 0 Å². The first kappa shape index (κ1) is 52.0. The van der Waals surface area contributed by atoms with E-state index in [1.807, 2.05) is 36.4 Å². The Hall–Kier alpha value is -7.80. The number of hydrogen-bond donors (Lipinski definition) is 0. The Morgan fingerprint density at radius 3 is 0.875 bits per heavy atom. The first-order valence-corrected chi connectivity index (χ1v) is 26.0. The number of ether oxygens (including phenoxy) is 2. The molecule has 0 unspecified atom stereocenters. The summed E-state index contributed by atoms with van der Waals surface area (Å²) >= 11 is 0. The number of nitriles is 2. The highest BCUT2D eigenvalue weighted by Crippen LogP contribution is 2.40. The van der Waals surface area contributed by atoms with Crippen LogP contribution in [0.25, 0.3) is 24.3 Å². The zero-order valence-corrected chi connectivity index (χ0v) is 43.3. The lowest BCUT2D eigenvalue weighted by molar-refractivity contribution is 0.414. The summed E-state index contributed by atoms with van der Waals surface area (Å²) in [4.78, 5) is 4.53. The molecule has 0 bridgehead atoms. The number of unbranched alkanes of at least 4 members (excludes halogenated alkanes) is 4. The molecule has 0 radical (unpaired) electrons. The van der Waals surface area contributed by atoms with E-state index < -0.39 is 0 Å². The molecule has 0 amide bonds. The van der Waals surface area contributed by atoms with E-state index in [0.717, 1.165) is 96.6 Å². The van der Waals surface area contributed by atoms with Gasteiger partial charge in [-0.3, -0.25) is 0 Å². The molecule has 0 heterocycles. The van der Waals surface area contributed by atoms with Gasteiger partial charge in [0.1, 0.15) is 11.5 Å². The second-order valence-electron chi connectivity index (χ2n) is 18.5. The van der Waals surface area contributed by atoms with Crippen LogP contribution in [0.4, 0.5) is 34.1 Å². The number of rotatable bonds is 24. The molecule has 7 aromatic rings. The number of benzene rings is 7. The second kappa shape index (κ2) is 26.4. The van der Waals surface area contributed by atoms with Crippen LogP contribution in [0.5, 0.6) is 11.5 Å². The highest BCUT2D eigenvalue weighted by molar-refractivity contribution is 5.84. The van der Waals surface area contributed by atoms with Crippen molar-refractivity contribution in [1.29, 1.82) is 10.5 Å². The van der Waals surface area contributed by atoms with Crippen LogP contribution in [-0.4, -0.2) is 14.2 Å². The summed E-state index contributed by atoms with van der Waals surface area (Å²) in [7, 11) is 3.36. The summed E-state index contributed by atoms with van der Waals surface area (Å²) in [6.07, 6.45) is 21.2. The van der Waals surface area contributed by atoms with E-state index in [0.29, 0.717) is 33.8 Å². The minimum Gasteiger partial charge on any atom is -0.496 e. The van der Waals surface area contributed by atoms with Crippen molar-refractivity contribution in [2.75, 3.05) is 24.0 Å². The van der Waals surface area contributed by atoms with Crippen LogP contribution in [0.15, 0.2) is 146 Å². The van der Waals surface area contributed by atoms with Crippen LogP contribution in [0, 0.1) is 22.7 Å². The monoisotopic (exact) mass is 951 g/mol. The van der Waals surface area contributed by atoms with Gasteiger partial charge in [0, 0.05) is 57.4 Å². The fourth-order valence-electron chi connectivity index (χ4n) is 9.08. The molecule has 6 heteroatoms. The first-order chi connectivity index (χ1) is 35.3. The molecule has 0 saturated carbocycles. The Bertz CT molecular complexity index is 2680. The van der Waals surface area contributed by atoms with Gasteiger partial charge in [-0.2, -0.15) is 10.5 Å². The highest BCUT2D eigenvalue weighted by atomic mass is 16.5. The fraction of sp³-hybridized carbons (Fsp3) is 0.273. The zero-order chi connectivity index (χ0) is 50.7. The van der Waals surface area contributed by atoms with E-state index in [2.05, 4.69) is 171 Å². The minimum atomic E-state index is 0.454. The van der Waals surface area contributed by atoms with Gasteiger partial charge in [-0.15, -0.1) is 0 Å². The van der Waals surface area contributed by atoms with Crippen LogP contribution >= 0.6 is 0 Å². The molecule has 0 aromatic heterocycles. The average Bonchev–Trinajstić information content (AvgIpc) is 3.43. The average molecular weight is 951 g/mol. The lowest BCUT2D eigenvalue weighted by Gasteiger charge is -2.26. The van der Waals surface area contributed by atoms with E-state index in [1.54, 1.807) is 26.4 Å². The van der Waals surface area contributed by atoms with Gasteiger partial charge in [-0.25, -0.2) is 0 Å². The van der Waals surface area contributed by atoms with E-state index in [1.165, 1.54) is 47.9 Å². The predicted octanol–water partition coefficient (Wildman–Crippen LogP) is 18.1. The fourth-order valence-corrected chi connectivity index (χ4v) is 9.08. The molecule has 0 aliphatic carbocycles. The summed E-state index contributed by atoms with van der Waals surface area (Å²) in [6.45, 7) is 8.90. The Balaban J connectivity index is 1.16. The standard InChI is InChI=1S/C66H70N4O2/c1-7-11-15-49-19-33-59(34-20-49)69(60-35-21-50(22-36-60)16-12-8-2)63-41-31-53(65(45-63)71-5)27-29-55-43-58(48-68)56(44-57(55)47-67)30-28-54-32-42-64(46-66(54)72-6)70(61-37-23-51(24-38-61)17-13-9-3)62-39-25-52(26-40-62)18-14-10-4/h19-46H,7-18H2,1-6H3/b29-27+,30-28+. The van der Waals surface area contributed by atoms with Crippen molar-refractivity contribution in [1.82, 2.24) is 0 Å². The lowest BCUT2D eigenvalue weighted by atomic mass is 9.97. The molecule has 0 saturated heterocycles. The van der Waals surface area contributed by atoms with Crippen LogP contribution < -0.4 is 19.3 Å². The first-order valence-electron chi connectivity index (χ1n) is 26.0. The molecule has 0 spiro atoms. The van der Waals surface area contributed by atoms with E-state index in [4.69, 9.17) is 9.47 Å². The Morgan fingerprint density at radius 2 is 0.625 bits per heavy atom. The third kappa shape index (κ3) is 13.3. The van der Waals surface area contributed by atoms with Gasteiger partial charge in [0.2, 0.25) is 0 Å². The van der Waals surface area contributed by atoms with Gasteiger partial charge in [0.05, 0.1) is 37.5 Å². The molecular formula is C66H70N4O2. The Kier molecular flexibility index (Phi) is 19.1. The maximum Gasteiger partial charge on any atom is 0.128 e. The molecule has 0 aliphatic heterocycles. The molecule has 0 aliphatic rings. The number of methoxy groups -OCH3 is 2.